The Labute approximate surface area is 80.7 Å². The van der Waals surface area contributed by atoms with Gasteiger partial charge in [-0.2, -0.15) is 0 Å². The summed E-state index contributed by atoms with van der Waals surface area (Å²) in [7, 11) is 1.47. The van der Waals surface area contributed by atoms with Gasteiger partial charge in [-0.15, -0.1) is 0 Å². The minimum atomic E-state index is -0.0439. The molecule has 2 atom stereocenters. The molecule has 0 bridgehead atoms. The molecule has 0 saturated heterocycles. The molecular formula is C11H20O2. The number of carbonyl (C=O) groups excluding carboxylic acids is 1. The molecule has 76 valence electrons. The minimum absolute atomic E-state index is 0.0439. The van der Waals surface area contributed by atoms with Crippen molar-refractivity contribution < 1.29 is 9.53 Å². The summed E-state index contributed by atoms with van der Waals surface area (Å²) in [4.78, 5) is 11.1. The molecule has 13 heavy (non-hydrogen) atoms. The molecule has 0 aromatic rings. The van der Waals surface area contributed by atoms with Gasteiger partial charge >= 0.3 is 5.97 Å². The number of esters is 1. The van der Waals surface area contributed by atoms with Gasteiger partial charge < -0.3 is 4.74 Å². The lowest BCUT2D eigenvalue weighted by Crippen LogP contribution is -2.18. The molecule has 1 aliphatic carbocycles. The first-order chi connectivity index (χ1) is 6.15. The van der Waals surface area contributed by atoms with Gasteiger partial charge in [-0.3, -0.25) is 4.79 Å². The van der Waals surface area contributed by atoms with Crippen LogP contribution in [0.4, 0.5) is 0 Å². The van der Waals surface area contributed by atoms with E-state index in [2.05, 4.69) is 13.8 Å². The summed E-state index contributed by atoms with van der Waals surface area (Å²) in [6.07, 6.45) is 4.40. The van der Waals surface area contributed by atoms with Crippen molar-refractivity contribution in [1.82, 2.24) is 0 Å². The van der Waals surface area contributed by atoms with E-state index in [1.165, 1.54) is 26.4 Å². The van der Waals surface area contributed by atoms with Crippen LogP contribution in [-0.2, 0) is 9.53 Å². The average molecular weight is 184 g/mol. The van der Waals surface area contributed by atoms with E-state index >= 15 is 0 Å². The van der Waals surface area contributed by atoms with E-state index in [1.807, 2.05) is 0 Å². The fraction of sp³-hybridized carbons (Fsp3) is 0.909. The normalized spacial score (nSPS) is 28.0. The molecule has 0 unspecified atom stereocenters. The van der Waals surface area contributed by atoms with Crippen molar-refractivity contribution >= 4 is 5.97 Å². The quantitative estimate of drug-likeness (QED) is 0.630. The summed E-state index contributed by atoms with van der Waals surface area (Å²) in [6.45, 7) is 4.50. The Bertz CT molecular complexity index is 175. The summed E-state index contributed by atoms with van der Waals surface area (Å²) in [5, 5.41) is 0. The maximum absolute atomic E-state index is 11.1. The summed E-state index contributed by atoms with van der Waals surface area (Å²) < 4.78 is 4.70. The predicted octanol–water partition coefficient (Wildman–Crippen LogP) is 2.62. The third kappa shape index (κ3) is 2.71. The van der Waals surface area contributed by atoms with Gasteiger partial charge in [0.15, 0.2) is 0 Å². The van der Waals surface area contributed by atoms with E-state index in [0.29, 0.717) is 18.3 Å². The van der Waals surface area contributed by atoms with Crippen molar-refractivity contribution in [3.63, 3.8) is 0 Å². The van der Waals surface area contributed by atoms with Crippen LogP contribution in [0, 0.1) is 17.8 Å². The van der Waals surface area contributed by atoms with Gasteiger partial charge in [-0.05, 0) is 30.6 Å². The average Bonchev–Trinajstić information content (AvgIpc) is 2.52. The molecule has 1 aliphatic rings. The van der Waals surface area contributed by atoms with Gasteiger partial charge in [0, 0.05) is 6.42 Å². The number of rotatable bonds is 3. The molecule has 0 aromatic carbocycles. The van der Waals surface area contributed by atoms with Crippen LogP contribution in [0.25, 0.3) is 0 Å². The van der Waals surface area contributed by atoms with E-state index in [0.717, 1.165) is 5.92 Å². The van der Waals surface area contributed by atoms with Gasteiger partial charge in [0.2, 0.25) is 0 Å². The van der Waals surface area contributed by atoms with Crippen LogP contribution in [0.5, 0.6) is 0 Å². The second-order valence-electron chi connectivity index (χ2n) is 4.38. The zero-order valence-corrected chi connectivity index (χ0v) is 8.88. The first kappa shape index (κ1) is 10.6. The second kappa shape index (κ2) is 4.64. The Hall–Kier alpha value is -0.530. The Morgan fingerprint density at radius 1 is 1.46 bits per heavy atom. The molecule has 0 N–H and O–H groups in total. The molecule has 1 fully saturated rings. The smallest absolute Gasteiger partial charge is 0.305 e. The number of methoxy groups -OCH3 is 1. The lowest BCUT2D eigenvalue weighted by Gasteiger charge is -2.21. The first-order valence-electron chi connectivity index (χ1n) is 5.22. The Kier molecular flexibility index (Phi) is 3.76. The van der Waals surface area contributed by atoms with Crippen LogP contribution >= 0.6 is 0 Å². The molecule has 0 amide bonds. The Balaban J connectivity index is 2.44. The fourth-order valence-corrected chi connectivity index (χ4v) is 2.49. The van der Waals surface area contributed by atoms with Crippen LogP contribution in [0.15, 0.2) is 0 Å². The molecule has 0 aliphatic heterocycles. The molecular weight excluding hydrogens is 164 g/mol. The first-order valence-corrected chi connectivity index (χ1v) is 5.22. The van der Waals surface area contributed by atoms with E-state index in [-0.39, 0.29) is 5.97 Å². The molecule has 0 radical (unpaired) electrons. The topological polar surface area (TPSA) is 26.3 Å². The highest BCUT2D eigenvalue weighted by Gasteiger charge is 2.31. The molecule has 0 aromatic heterocycles. The maximum atomic E-state index is 11.1. The van der Waals surface area contributed by atoms with E-state index in [1.54, 1.807) is 0 Å². The zero-order valence-electron chi connectivity index (χ0n) is 8.88. The van der Waals surface area contributed by atoms with Crippen molar-refractivity contribution in [2.45, 2.75) is 39.5 Å². The highest BCUT2D eigenvalue weighted by Crippen LogP contribution is 2.38. The Morgan fingerprint density at radius 2 is 2.15 bits per heavy atom. The van der Waals surface area contributed by atoms with Crippen LogP contribution in [0.2, 0.25) is 0 Å². The number of carbonyl (C=O) groups is 1. The zero-order chi connectivity index (χ0) is 9.84. The Morgan fingerprint density at radius 3 is 2.69 bits per heavy atom. The van der Waals surface area contributed by atoms with Gasteiger partial charge in [-0.1, -0.05) is 20.3 Å². The third-order valence-corrected chi connectivity index (χ3v) is 3.23. The lowest BCUT2D eigenvalue weighted by atomic mass is 9.84. The SMILES string of the molecule is COC(=O)C[C@H]1CCC[C@H]1C(C)C. The summed E-state index contributed by atoms with van der Waals surface area (Å²) in [5.41, 5.74) is 0. The van der Waals surface area contributed by atoms with Gasteiger partial charge in [0.1, 0.15) is 0 Å². The second-order valence-corrected chi connectivity index (χ2v) is 4.38. The molecule has 0 spiro atoms. The fourth-order valence-electron chi connectivity index (χ4n) is 2.49. The third-order valence-electron chi connectivity index (χ3n) is 3.23. The van der Waals surface area contributed by atoms with E-state index in [9.17, 15) is 4.79 Å². The highest BCUT2D eigenvalue weighted by atomic mass is 16.5. The molecule has 2 heteroatoms. The lowest BCUT2D eigenvalue weighted by molar-refractivity contribution is -0.142. The summed E-state index contributed by atoms with van der Waals surface area (Å²) >= 11 is 0. The maximum Gasteiger partial charge on any atom is 0.305 e. The van der Waals surface area contributed by atoms with Crippen LogP contribution in [0.3, 0.4) is 0 Å². The number of hydrogen-bond acceptors (Lipinski definition) is 2. The van der Waals surface area contributed by atoms with E-state index < -0.39 is 0 Å². The standard InChI is InChI=1S/C11H20O2/c1-8(2)10-6-4-5-9(10)7-11(12)13-3/h8-10H,4-7H2,1-3H3/t9-,10+/m1/s1. The summed E-state index contributed by atoms with van der Waals surface area (Å²) in [5.74, 6) is 1.97. The summed E-state index contributed by atoms with van der Waals surface area (Å²) in [6, 6.07) is 0. The molecule has 2 nitrogen and oxygen atoms in total. The van der Waals surface area contributed by atoms with Crippen LogP contribution in [-0.4, -0.2) is 13.1 Å². The largest absolute Gasteiger partial charge is 0.469 e. The van der Waals surface area contributed by atoms with Crippen molar-refractivity contribution in [3.05, 3.63) is 0 Å². The van der Waals surface area contributed by atoms with Crippen molar-refractivity contribution in [2.24, 2.45) is 17.8 Å². The van der Waals surface area contributed by atoms with Gasteiger partial charge in [-0.25, -0.2) is 0 Å². The molecule has 1 rings (SSSR count). The van der Waals surface area contributed by atoms with Crippen LogP contribution < -0.4 is 0 Å². The minimum Gasteiger partial charge on any atom is -0.469 e. The highest BCUT2D eigenvalue weighted by molar-refractivity contribution is 5.69. The van der Waals surface area contributed by atoms with Gasteiger partial charge in [0.25, 0.3) is 0 Å². The van der Waals surface area contributed by atoms with Gasteiger partial charge in [0.05, 0.1) is 7.11 Å². The van der Waals surface area contributed by atoms with Crippen LogP contribution in [0.1, 0.15) is 39.5 Å². The monoisotopic (exact) mass is 184 g/mol. The predicted molar refractivity (Wildman–Crippen MR) is 52.3 cm³/mol. The van der Waals surface area contributed by atoms with Crippen molar-refractivity contribution in [2.75, 3.05) is 7.11 Å². The van der Waals surface area contributed by atoms with Crippen molar-refractivity contribution in [3.8, 4) is 0 Å². The molecule has 1 saturated carbocycles. The molecule has 0 heterocycles. The van der Waals surface area contributed by atoms with E-state index in [4.69, 9.17) is 4.74 Å². The number of hydrogen-bond donors (Lipinski definition) is 0. The number of ether oxygens (including phenoxy) is 1. The van der Waals surface area contributed by atoms with Crippen molar-refractivity contribution in [1.29, 1.82) is 0 Å².